The first-order valence-corrected chi connectivity index (χ1v) is 9.25. The van der Waals surface area contributed by atoms with Crippen molar-refractivity contribution in [2.45, 2.75) is 19.6 Å². The summed E-state index contributed by atoms with van der Waals surface area (Å²) in [6.45, 7) is 4.90. The summed E-state index contributed by atoms with van der Waals surface area (Å²) in [7, 11) is 0. The highest BCUT2D eigenvalue weighted by atomic mass is 127. The Labute approximate surface area is 152 Å². The molecule has 1 fully saturated rings. The first-order valence-electron chi connectivity index (χ1n) is 8.17. The fraction of sp³-hybridized carbons (Fsp3) is 0.368. The minimum absolute atomic E-state index is 0.613. The van der Waals surface area contributed by atoms with Gasteiger partial charge in [-0.15, -0.1) is 0 Å². The van der Waals surface area contributed by atoms with Crippen molar-refractivity contribution in [1.82, 2.24) is 10.6 Å². The van der Waals surface area contributed by atoms with Crippen LogP contribution in [0.3, 0.4) is 0 Å². The topological polar surface area (TPSA) is 33.3 Å². The Balaban J connectivity index is 1.47. The van der Waals surface area contributed by atoms with Gasteiger partial charge >= 0.3 is 0 Å². The van der Waals surface area contributed by atoms with E-state index in [9.17, 15) is 0 Å². The van der Waals surface area contributed by atoms with Crippen molar-refractivity contribution in [3.8, 4) is 5.75 Å². The molecule has 3 nitrogen and oxygen atoms in total. The van der Waals surface area contributed by atoms with Gasteiger partial charge in [0.05, 0.1) is 0 Å². The van der Waals surface area contributed by atoms with Crippen molar-refractivity contribution in [2.75, 3.05) is 19.6 Å². The number of halogens is 1. The summed E-state index contributed by atoms with van der Waals surface area (Å²) in [5.41, 5.74) is 2.47. The van der Waals surface area contributed by atoms with Crippen molar-refractivity contribution in [2.24, 2.45) is 5.92 Å². The molecule has 0 bridgehead atoms. The molecule has 1 heterocycles. The van der Waals surface area contributed by atoms with E-state index in [0.29, 0.717) is 6.61 Å². The SMILES string of the molecule is Ic1ccc(COc2cccc(CNCC3CCNC3)c2)cc1. The number of nitrogens with one attached hydrogen (secondary N) is 2. The first-order chi connectivity index (χ1) is 11.3. The zero-order chi connectivity index (χ0) is 15.9. The molecule has 23 heavy (non-hydrogen) atoms. The molecule has 0 aromatic heterocycles. The molecular weight excluding hydrogens is 399 g/mol. The lowest BCUT2D eigenvalue weighted by molar-refractivity contribution is 0.306. The molecule has 122 valence electrons. The van der Waals surface area contributed by atoms with Crippen LogP contribution in [-0.2, 0) is 13.2 Å². The van der Waals surface area contributed by atoms with Crippen LogP contribution in [0.1, 0.15) is 17.5 Å². The number of benzene rings is 2. The number of hydrogen-bond acceptors (Lipinski definition) is 3. The van der Waals surface area contributed by atoms with Crippen molar-refractivity contribution >= 4 is 22.6 Å². The van der Waals surface area contributed by atoms with Crippen molar-refractivity contribution in [3.63, 3.8) is 0 Å². The third-order valence-electron chi connectivity index (χ3n) is 4.14. The second-order valence-electron chi connectivity index (χ2n) is 6.05. The monoisotopic (exact) mass is 422 g/mol. The third-order valence-corrected chi connectivity index (χ3v) is 4.86. The van der Waals surface area contributed by atoms with Gasteiger partial charge in [0.1, 0.15) is 12.4 Å². The zero-order valence-electron chi connectivity index (χ0n) is 13.2. The molecule has 3 rings (SSSR count). The summed E-state index contributed by atoms with van der Waals surface area (Å²) >= 11 is 2.32. The predicted octanol–water partition coefficient (Wildman–Crippen LogP) is 3.57. The Kier molecular flexibility index (Phi) is 6.30. The predicted molar refractivity (Wildman–Crippen MR) is 103 cm³/mol. The molecule has 4 heteroatoms. The molecular formula is C19H23IN2O. The highest BCUT2D eigenvalue weighted by Crippen LogP contribution is 2.16. The highest BCUT2D eigenvalue weighted by Gasteiger charge is 2.13. The Morgan fingerprint density at radius 3 is 2.78 bits per heavy atom. The van der Waals surface area contributed by atoms with Crippen LogP contribution in [0.4, 0.5) is 0 Å². The van der Waals surface area contributed by atoms with E-state index in [1.807, 2.05) is 6.07 Å². The number of ether oxygens (including phenoxy) is 1. The fourth-order valence-corrected chi connectivity index (χ4v) is 3.16. The van der Waals surface area contributed by atoms with Gasteiger partial charge in [0.15, 0.2) is 0 Å². The minimum atomic E-state index is 0.613. The lowest BCUT2D eigenvalue weighted by Crippen LogP contribution is -2.24. The van der Waals surface area contributed by atoms with Crippen LogP contribution >= 0.6 is 22.6 Å². The zero-order valence-corrected chi connectivity index (χ0v) is 15.4. The molecule has 2 N–H and O–H groups in total. The average molecular weight is 422 g/mol. The normalized spacial score (nSPS) is 17.3. The van der Waals surface area contributed by atoms with E-state index in [1.165, 1.54) is 21.1 Å². The molecule has 0 radical (unpaired) electrons. The van der Waals surface area contributed by atoms with Crippen LogP contribution < -0.4 is 15.4 Å². The van der Waals surface area contributed by atoms with E-state index in [4.69, 9.17) is 4.74 Å². The molecule has 1 saturated heterocycles. The molecule has 1 aliphatic heterocycles. The largest absolute Gasteiger partial charge is 0.489 e. The van der Waals surface area contributed by atoms with Crippen LogP contribution in [0, 0.1) is 9.49 Å². The molecule has 0 spiro atoms. The molecule has 1 aliphatic rings. The third kappa shape index (κ3) is 5.48. The Hall–Kier alpha value is -1.11. The van der Waals surface area contributed by atoms with Gasteiger partial charge in [-0.2, -0.15) is 0 Å². The summed E-state index contributed by atoms with van der Waals surface area (Å²) in [5.74, 6) is 1.71. The Morgan fingerprint density at radius 2 is 2.00 bits per heavy atom. The van der Waals surface area contributed by atoms with Gasteiger partial charge in [0.2, 0.25) is 0 Å². The maximum Gasteiger partial charge on any atom is 0.120 e. The van der Waals surface area contributed by atoms with Gasteiger partial charge < -0.3 is 15.4 Å². The molecule has 0 aliphatic carbocycles. The van der Waals surface area contributed by atoms with Crippen LogP contribution in [0.15, 0.2) is 48.5 Å². The van der Waals surface area contributed by atoms with E-state index in [1.54, 1.807) is 0 Å². The highest BCUT2D eigenvalue weighted by molar-refractivity contribution is 14.1. The number of rotatable bonds is 7. The lowest BCUT2D eigenvalue weighted by Gasteiger charge is -2.11. The van der Waals surface area contributed by atoms with Gasteiger partial charge in [-0.05, 0) is 90.0 Å². The standard InChI is InChI=1S/C19H23IN2O/c20-18-6-4-15(5-7-18)14-23-19-3-1-2-16(10-19)11-22-13-17-8-9-21-12-17/h1-7,10,17,21-22H,8-9,11-14H2. The van der Waals surface area contributed by atoms with Crippen molar-refractivity contribution in [3.05, 3.63) is 63.2 Å². The molecule has 1 atom stereocenters. The quantitative estimate of drug-likeness (QED) is 0.670. The van der Waals surface area contributed by atoms with E-state index in [2.05, 4.69) is 75.7 Å². The smallest absolute Gasteiger partial charge is 0.120 e. The van der Waals surface area contributed by atoms with Crippen LogP contribution in [0.25, 0.3) is 0 Å². The van der Waals surface area contributed by atoms with E-state index in [0.717, 1.165) is 37.8 Å². The summed E-state index contributed by atoms with van der Waals surface area (Å²) in [5, 5.41) is 6.96. The van der Waals surface area contributed by atoms with Gasteiger partial charge in [-0.25, -0.2) is 0 Å². The second kappa shape index (κ2) is 8.66. The number of hydrogen-bond donors (Lipinski definition) is 2. The summed E-state index contributed by atoms with van der Waals surface area (Å²) in [4.78, 5) is 0. The van der Waals surface area contributed by atoms with E-state index in [-0.39, 0.29) is 0 Å². The molecule has 0 saturated carbocycles. The Bertz CT molecular complexity index is 609. The van der Waals surface area contributed by atoms with Crippen LogP contribution in [0.2, 0.25) is 0 Å². The molecule has 2 aromatic carbocycles. The van der Waals surface area contributed by atoms with E-state index < -0.39 is 0 Å². The van der Waals surface area contributed by atoms with E-state index >= 15 is 0 Å². The molecule has 2 aromatic rings. The fourth-order valence-electron chi connectivity index (χ4n) is 2.80. The summed E-state index contributed by atoms with van der Waals surface area (Å²) < 4.78 is 7.16. The van der Waals surface area contributed by atoms with Crippen LogP contribution in [0.5, 0.6) is 5.75 Å². The second-order valence-corrected chi connectivity index (χ2v) is 7.30. The van der Waals surface area contributed by atoms with Gasteiger partial charge in [0.25, 0.3) is 0 Å². The molecule has 1 unspecified atom stereocenters. The maximum atomic E-state index is 5.91. The summed E-state index contributed by atoms with van der Waals surface area (Å²) in [6, 6.07) is 16.8. The van der Waals surface area contributed by atoms with Crippen LogP contribution in [-0.4, -0.2) is 19.6 Å². The summed E-state index contributed by atoms with van der Waals surface area (Å²) in [6.07, 6.45) is 1.28. The lowest BCUT2D eigenvalue weighted by atomic mass is 10.1. The Morgan fingerprint density at radius 1 is 1.13 bits per heavy atom. The van der Waals surface area contributed by atoms with Crippen molar-refractivity contribution in [1.29, 1.82) is 0 Å². The van der Waals surface area contributed by atoms with Gasteiger partial charge in [-0.1, -0.05) is 24.3 Å². The average Bonchev–Trinajstić information content (AvgIpc) is 3.08. The van der Waals surface area contributed by atoms with Gasteiger partial charge in [0, 0.05) is 10.1 Å². The first kappa shape index (κ1) is 16.7. The molecule has 0 amide bonds. The maximum absolute atomic E-state index is 5.91. The van der Waals surface area contributed by atoms with Gasteiger partial charge in [-0.3, -0.25) is 0 Å². The van der Waals surface area contributed by atoms with Crippen molar-refractivity contribution < 1.29 is 4.74 Å². The minimum Gasteiger partial charge on any atom is -0.489 e.